The van der Waals surface area contributed by atoms with Crippen LogP contribution in [0.2, 0.25) is 0 Å². The molecule has 0 aromatic carbocycles. The zero-order valence-electron chi connectivity index (χ0n) is 10.5. The lowest BCUT2D eigenvalue weighted by Gasteiger charge is -2.17. The van der Waals surface area contributed by atoms with Crippen molar-refractivity contribution in [2.24, 2.45) is 0 Å². The Morgan fingerprint density at radius 3 is 2.53 bits per heavy atom. The normalized spacial score (nSPS) is 10.8. The summed E-state index contributed by atoms with van der Waals surface area (Å²) in [7, 11) is 0. The minimum atomic E-state index is -0.184. The molecule has 1 rings (SSSR count). The third-order valence-electron chi connectivity index (χ3n) is 2.64. The highest BCUT2D eigenvalue weighted by atomic mass is 32.1. The third-order valence-corrected chi connectivity index (χ3v) is 3.62. The molecule has 0 saturated heterocycles. The van der Waals surface area contributed by atoms with Crippen molar-refractivity contribution in [3.05, 3.63) is 20.2 Å². The number of aromatic nitrogens is 1. The first-order chi connectivity index (χ1) is 8.08. The van der Waals surface area contributed by atoms with Gasteiger partial charge in [0, 0.05) is 18.8 Å². The Balaban J connectivity index is 2.45. The van der Waals surface area contributed by atoms with Crippen LogP contribution in [-0.2, 0) is 0 Å². The third kappa shape index (κ3) is 3.98. The zero-order valence-corrected chi connectivity index (χ0v) is 11.3. The van der Waals surface area contributed by atoms with E-state index < -0.39 is 0 Å². The second kappa shape index (κ2) is 6.56. The van der Waals surface area contributed by atoms with Crippen LogP contribution in [0.25, 0.3) is 0 Å². The Morgan fingerprint density at radius 2 is 2.06 bits per heavy atom. The fraction of sp³-hybridized carbons (Fsp3) is 0.636. The highest BCUT2D eigenvalue weighted by molar-refractivity contribution is 7.11. The van der Waals surface area contributed by atoms with E-state index in [0.717, 1.165) is 31.0 Å². The van der Waals surface area contributed by atoms with Crippen molar-refractivity contribution < 1.29 is 4.79 Å². The van der Waals surface area contributed by atoms with E-state index in [0.29, 0.717) is 17.1 Å². The van der Waals surface area contributed by atoms with Gasteiger partial charge in [0.05, 0.1) is 0 Å². The Kier molecular flexibility index (Phi) is 5.37. The lowest BCUT2D eigenvalue weighted by molar-refractivity contribution is 0.0952. The summed E-state index contributed by atoms with van der Waals surface area (Å²) in [6.45, 7) is 9.30. The molecule has 1 heterocycles. The maximum atomic E-state index is 11.8. The van der Waals surface area contributed by atoms with Crippen molar-refractivity contribution >= 4 is 17.2 Å². The molecule has 1 aromatic rings. The molecule has 0 aliphatic rings. The Morgan fingerprint density at radius 1 is 1.41 bits per heavy atom. The number of nitrogens with zero attached hydrogens (tertiary/aromatic N) is 1. The summed E-state index contributed by atoms with van der Waals surface area (Å²) in [5.41, 5.74) is 0.639. The van der Waals surface area contributed by atoms with Gasteiger partial charge in [0.15, 0.2) is 0 Å². The molecule has 0 spiro atoms. The van der Waals surface area contributed by atoms with Crippen molar-refractivity contribution in [1.29, 1.82) is 0 Å². The molecule has 17 heavy (non-hydrogen) atoms. The van der Waals surface area contributed by atoms with E-state index in [-0.39, 0.29) is 10.8 Å². The highest BCUT2D eigenvalue weighted by Crippen LogP contribution is 2.06. The maximum absolute atomic E-state index is 11.8. The van der Waals surface area contributed by atoms with Gasteiger partial charge >= 0.3 is 4.87 Å². The van der Waals surface area contributed by atoms with Gasteiger partial charge in [-0.05, 0) is 20.0 Å². The Bertz CT molecular complexity index is 421. The summed E-state index contributed by atoms with van der Waals surface area (Å²) >= 11 is 0.956. The van der Waals surface area contributed by atoms with Crippen molar-refractivity contribution in [3.8, 4) is 0 Å². The first kappa shape index (κ1) is 13.9. The van der Waals surface area contributed by atoms with Crippen LogP contribution in [0.3, 0.4) is 0 Å². The van der Waals surface area contributed by atoms with Gasteiger partial charge in [0.2, 0.25) is 0 Å². The van der Waals surface area contributed by atoms with E-state index in [1.54, 1.807) is 6.92 Å². The number of nitrogens with one attached hydrogen (secondary N) is 2. The highest BCUT2D eigenvalue weighted by Gasteiger charge is 2.12. The summed E-state index contributed by atoms with van der Waals surface area (Å²) in [4.78, 5) is 28.0. The lowest BCUT2D eigenvalue weighted by atomic mass is 10.3. The number of aryl methyl sites for hydroxylation is 1. The van der Waals surface area contributed by atoms with Crippen LogP contribution < -0.4 is 10.2 Å². The molecule has 5 nitrogen and oxygen atoms in total. The fourth-order valence-corrected chi connectivity index (χ4v) is 2.33. The molecule has 2 N–H and O–H groups in total. The monoisotopic (exact) mass is 257 g/mol. The summed E-state index contributed by atoms with van der Waals surface area (Å²) < 4.78 is 0. The molecule has 0 bridgehead atoms. The van der Waals surface area contributed by atoms with Gasteiger partial charge in [0.25, 0.3) is 5.91 Å². The minimum Gasteiger partial charge on any atom is -0.350 e. The molecular formula is C11H19N3O2S. The molecule has 1 amide bonds. The van der Waals surface area contributed by atoms with Crippen LogP contribution in [0.5, 0.6) is 0 Å². The average molecular weight is 257 g/mol. The van der Waals surface area contributed by atoms with Crippen LogP contribution in [0, 0.1) is 6.92 Å². The van der Waals surface area contributed by atoms with Gasteiger partial charge in [0.1, 0.15) is 4.88 Å². The SMILES string of the molecule is CCN(CC)CCNC(=O)c1sc(=O)[nH]c1C. The fourth-order valence-electron chi connectivity index (χ4n) is 1.57. The molecule has 0 aliphatic heterocycles. The van der Waals surface area contributed by atoms with E-state index >= 15 is 0 Å². The van der Waals surface area contributed by atoms with Gasteiger partial charge in [-0.25, -0.2) is 0 Å². The summed E-state index contributed by atoms with van der Waals surface area (Å²) in [6, 6.07) is 0. The predicted molar refractivity (Wildman–Crippen MR) is 69.8 cm³/mol. The number of rotatable bonds is 6. The van der Waals surface area contributed by atoms with Crippen LogP contribution in [0.4, 0.5) is 0 Å². The van der Waals surface area contributed by atoms with Crippen LogP contribution in [0.1, 0.15) is 29.2 Å². The van der Waals surface area contributed by atoms with Gasteiger partial charge in [-0.3, -0.25) is 9.59 Å². The lowest BCUT2D eigenvalue weighted by Crippen LogP contribution is -2.34. The standard InChI is InChI=1S/C11H19N3O2S/c1-4-14(5-2)7-6-12-10(15)9-8(3)13-11(16)17-9/h4-7H2,1-3H3,(H,12,15)(H,13,16). The number of hydrogen-bond acceptors (Lipinski definition) is 4. The smallest absolute Gasteiger partial charge is 0.305 e. The van der Waals surface area contributed by atoms with E-state index in [1.165, 1.54) is 0 Å². The van der Waals surface area contributed by atoms with Crippen molar-refractivity contribution in [1.82, 2.24) is 15.2 Å². The number of likely N-dealkylation sites (N-methyl/N-ethyl adjacent to an activating group) is 1. The minimum absolute atomic E-state index is 0.169. The number of thiazole rings is 1. The number of carbonyl (C=O) groups is 1. The largest absolute Gasteiger partial charge is 0.350 e. The summed E-state index contributed by atoms with van der Waals surface area (Å²) in [5.74, 6) is -0.169. The first-order valence-corrected chi connectivity index (χ1v) is 6.60. The second-order valence-electron chi connectivity index (χ2n) is 3.75. The van der Waals surface area contributed by atoms with Gasteiger partial charge in [-0.1, -0.05) is 25.2 Å². The number of H-pyrrole nitrogens is 1. The second-order valence-corrected chi connectivity index (χ2v) is 4.73. The van der Waals surface area contributed by atoms with Crippen molar-refractivity contribution in [2.75, 3.05) is 26.2 Å². The molecule has 96 valence electrons. The molecular weight excluding hydrogens is 238 g/mol. The van der Waals surface area contributed by atoms with Crippen LogP contribution in [0.15, 0.2) is 4.79 Å². The van der Waals surface area contributed by atoms with E-state index in [1.807, 2.05) is 0 Å². The Hall–Kier alpha value is -1.14. The predicted octanol–water partition coefficient (Wildman–Crippen LogP) is 0.816. The molecule has 0 saturated carbocycles. The van der Waals surface area contributed by atoms with E-state index in [4.69, 9.17) is 0 Å². The van der Waals surface area contributed by atoms with E-state index in [2.05, 4.69) is 29.0 Å². The first-order valence-electron chi connectivity index (χ1n) is 5.78. The molecule has 0 radical (unpaired) electrons. The molecule has 0 aliphatic carbocycles. The van der Waals surface area contributed by atoms with E-state index in [9.17, 15) is 9.59 Å². The summed E-state index contributed by atoms with van der Waals surface area (Å²) in [6.07, 6.45) is 0. The number of aromatic amines is 1. The Labute approximate surface area is 105 Å². The number of amides is 1. The zero-order chi connectivity index (χ0) is 12.8. The molecule has 1 aromatic heterocycles. The van der Waals surface area contributed by atoms with Gasteiger partial charge in [-0.15, -0.1) is 0 Å². The molecule has 0 fully saturated rings. The topological polar surface area (TPSA) is 65.2 Å². The average Bonchev–Trinajstić information content (AvgIpc) is 2.64. The molecule has 0 unspecified atom stereocenters. The number of hydrogen-bond donors (Lipinski definition) is 2. The van der Waals surface area contributed by atoms with Gasteiger partial charge in [-0.2, -0.15) is 0 Å². The van der Waals surface area contributed by atoms with Crippen molar-refractivity contribution in [2.45, 2.75) is 20.8 Å². The van der Waals surface area contributed by atoms with Crippen LogP contribution in [-0.4, -0.2) is 42.0 Å². The molecule has 6 heteroatoms. The summed E-state index contributed by atoms with van der Waals surface area (Å²) in [5, 5.41) is 2.82. The van der Waals surface area contributed by atoms with Crippen LogP contribution >= 0.6 is 11.3 Å². The van der Waals surface area contributed by atoms with Crippen molar-refractivity contribution in [3.63, 3.8) is 0 Å². The molecule has 0 atom stereocenters. The maximum Gasteiger partial charge on any atom is 0.305 e. The quantitative estimate of drug-likeness (QED) is 0.793. The van der Waals surface area contributed by atoms with Gasteiger partial charge < -0.3 is 15.2 Å². The number of carbonyl (C=O) groups excluding carboxylic acids is 1.